The highest BCUT2D eigenvalue weighted by Crippen LogP contribution is 2.18. The van der Waals surface area contributed by atoms with Crippen LogP contribution in [0.5, 0.6) is 0 Å². The number of nitrogens with two attached hydrogens (primary N) is 1. The molecule has 0 unspecified atom stereocenters. The lowest BCUT2D eigenvalue weighted by atomic mass is 10.2. The number of hydrogen-bond donors (Lipinski definition) is 5. The fourth-order valence-electron chi connectivity index (χ4n) is 2.26. The molecule has 0 bridgehead atoms. The van der Waals surface area contributed by atoms with Crippen molar-refractivity contribution in [2.24, 2.45) is 5.73 Å². The molecule has 0 saturated carbocycles. The Balaban J connectivity index is 1.84. The Morgan fingerprint density at radius 1 is 1.19 bits per heavy atom. The van der Waals surface area contributed by atoms with Crippen molar-refractivity contribution < 1.29 is 0 Å². The average molecular weight is 366 g/mol. The van der Waals surface area contributed by atoms with E-state index in [9.17, 15) is 0 Å². The van der Waals surface area contributed by atoms with Crippen molar-refractivity contribution in [1.82, 2.24) is 20.3 Å². The lowest BCUT2D eigenvalue weighted by Crippen LogP contribution is -2.28. The number of amidine groups is 1. The summed E-state index contributed by atoms with van der Waals surface area (Å²) in [6.07, 6.45) is 1.63. The molecule has 0 aliphatic heterocycles. The largest absolute Gasteiger partial charge is 0.384 e. The van der Waals surface area contributed by atoms with Crippen LogP contribution in [0.2, 0.25) is 0 Å². The molecule has 3 aromatic rings. The summed E-state index contributed by atoms with van der Waals surface area (Å²) in [5.41, 5.74) is 8.07. The number of pyridine rings is 1. The number of benzene rings is 1. The smallest absolute Gasteiger partial charge is 0.182 e. The van der Waals surface area contributed by atoms with Gasteiger partial charge in [0.05, 0.1) is 6.20 Å². The lowest BCUT2D eigenvalue weighted by Gasteiger charge is -2.09. The standard InChI is InChI=1S/C17H18N8S/c1-2-20-17(26)25-13-7-6-12-16(23-13)24-14(9-21-12)22-11-5-3-4-10(8-11)15(18)19/h3-9H,2H2,1H3,(H3,18,19)(H3,20,22,23,24,25,26). The highest BCUT2D eigenvalue weighted by molar-refractivity contribution is 7.80. The molecule has 132 valence electrons. The van der Waals surface area contributed by atoms with Gasteiger partial charge < -0.3 is 21.7 Å². The zero-order chi connectivity index (χ0) is 18.5. The number of nitrogens with one attached hydrogen (secondary N) is 4. The van der Waals surface area contributed by atoms with Crippen LogP contribution in [0, 0.1) is 5.41 Å². The van der Waals surface area contributed by atoms with Crippen molar-refractivity contribution >= 4 is 51.7 Å². The van der Waals surface area contributed by atoms with Crippen LogP contribution < -0.4 is 21.7 Å². The Hall–Kier alpha value is -3.33. The van der Waals surface area contributed by atoms with Crippen LogP contribution in [0.1, 0.15) is 12.5 Å². The first kappa shape index (κ1) is 17.5. The van der Waals surface area contributed by atoms with Crippen LogP contribution in [-0.2, 0) is 0 Å². The third kappa shape index (κ3) is 4.19. The predicted octanol–water partition coefficient (Wildman–Crippen LogP) is 2.36. The molecule has 1 aromatic carbocycles. The first-order chi connectivity index (χ1) is 12.5. The van der Waals surface area contributed by atoms with E-state index in [-0.39, 0.29) is 5.84 Å². The van der Waals surface area contributed by atoms with E-state index in [4.69, 9.17) is 23.4 Å². The zero-order valence-electron chi connectivity index (χ0n) is 14.1. The van der Waals surface area contributed by atoms with Crippen LogP contribution in [0.25, 0.3) is 11.2 Å². The number of fused-ring (bicyclic) bond motifs is 1. The summed E-state index contributed by atoms with van der Waals surface area (Å²) in [5, 5.41) is 17.2. The third-order valence-electron chi connectivity index (χ3n) is 3.43. The molecule has 0 aliphatic rings. The molecule has 0 atom stereocenters. The van der Waals surface area contributed by atoms with Gasteiger partial charge in [0.25, 0.3) is 0 Å². The number of nitrogens with zero attached hydrogens (tertiary/aromatic N) is 3. The second-order valence-corrected chi connectivity index (χ2v) is 5.81. The average Bonchev–Trinajstić information content (AvgIpc) is 2.62. The second kappa shape index (κ2) is 7.70. The Labute approximate surface area is 155 Å². The minimum atomic E-state index is 0.00675. The summed E-state index contributed by atoms with van der Waals surface area (Å²) in [5.74, 6) is 1.14. The molecule has 0 fully saturated rings. The fourth-order valence-corrected chi connectivity index (χ4v) is 2.51. The molecule has 0 radical (unpaired) electrons. The van der Waals surface area contributed by atoms with Crippen molar-refractivity contribution in [3.05, 3.63) is 48.2 Å². The summed E-state index contributed by atoms with van der Waals surface area (Å²) in [6.45, 7) is 2.69. The van der Waals surface area contributed by atoms with Crippen molar-refractivity contribution in [3.8, 4) is 0 Å². The molecule has 6 N–H and O–H groups in total. The summed E-state index contributed by atoms with van der Waals surface area (Å²) in [6, 6.07) is 10.8. The highest BCUT2D eigenvalue weighted by Gasteiger charge is 2.05. The maximum atomic E-state index is 7.52. The van der Waals surface area contributed by atoms with Gasteiger partial charge in [-0.25, -0.2) is 15.0 Å². The van der Waals surface area contributed by atoms with Crippen molar-refractivity contribution in [2.75, 3.05) is 17.2 Å². The van der Waals surface area contributed by atoms with Gasteiger partial charge in [0.1, 0.15) is 17.2 Å². The van der Waals surface area contributed by atoms with Gasteiger partial charge in [-0.2, -0.15) is 0 Å². The molecular weight excluding hydrogens is 348 g/mol. The van der Waals surface area contributed by atoms with E-state index in [0.717, 1.165) is 12.2 Å². The van der Waals surface area contributed by atoms with E-state index in [1.807, 2.05) is 25.1 Å². The number of anilines is 3. The Morgan fingerprint density at radius 2 is 2.00 bits per heavy atom. The van der Waals surface area contributed by atoms with Gasteiger partial charge >= 0.3 is 0 Å². The molecule has 2 aromatic heterocycles. The van der Waals surface area contributed by atoms with Gasteiger partial charge in [-0.1, -0.05) is 12.1 Å². The van der Waals surface area contributed by atoms with Crippen LogP contribution in [0.3, 0.4) is 0 Å². The molecule has 9 heteroatoms. The quantitative estimate of drug-likeness (QED) is 0.265. The van der Waals surface area contributed by atoms with E-state index < -0.39 is 0 Å². The summed E-state index contributed by atoms with van der Waals surface area (Å²) in [4.78, 5) is 13.3. The van der Waals surface area contributed by atoms with E-state index in [1.54, 1.807) is 24.4 Å². The molecule has 2 heterocycles. The first-order valence-electron chi connectivity index (χ1n) is 7.95. The number of hydrogen-bond acceptors (Lipinski definition) is 6. The predicted molar refractivity (Wildman–Crippen MR) is 108 cm³/mol. The molecule has 0 spiro atoms. The van der Waals surface area contributed by atoms with Crippen LogP contribution in [0.15, 0.2) is 42.6 Å². The maximum Gasteiger partial charge on any atom is 0.182 e. The van der Waals surface area contributed by atoms with Gasteiger partial charge in [-0.3, -0.25) is 5.41 Å². The highest BCUT2D eigenvalue weighted by atomic mass is 32.1. The molecular formula is C17H18N8S. The van der Waals surface area contributed by atoms with Crippen molar-refractivity contribution in [1.29, 1.82) is 5.41 Å². The maximum absolute atomic E-state index is 7.52. The molecule has 0 aliphatic carbocycles. The zero-order valence-corrected chi connectivity index (χ0v) is 14.9. The van der Waals surface area contributed by atoms with Gasteiger partial charge in [-0.05, 0) is 43.4 Å². The number of nitrogen functional groups attached to an aromatic ring is 1. The van der Waals surface area contributed by atoms with Gasteiger partial charge in [0, 0.05) is 17.8 Å². The van der Waals surface area contributed by atoms with E-state index in [0.29, 0.717) is 33.5 Å². The topological polar surface area (TPSA) is 125 Å². The van der Waals surface area contributed by atoms with Crippen LogP contribution in [-0.4, -0.2) is 32.4 Å². The summed E-state index contributed by atoms with van der Waals surface area (Å²) in [7, 11) is 0. The Bertz CT molecular complexity index is 972. The second-order valence-electron chi connectivity index (χ2n) is 5.40. The molecule has 0 saturated heterocycles. The van der Waals surface area contributed by atoms with E-state index >= 15 is 0 Å². The van der Waals surface area contributed by atoms with Gasteiger partial charge in [0.2, 0.25) is 0 Å². The van der Waals surface area contributed by atoms with Crippen LogP contribution >= 0.6 is 12.2 Å². The van der Waals surface area contributed by atoms with E-state index in [1.165, 1.54) is 0 Å². The molecule has 26 heavy (non-hydrogen) atoms. The monoisotopic (exact) mass is 366 g/mol. The van der Waals surface area contributed by atoms with Crippen molar-refractivity contribution in [2.45, 2.75) is 6.92 Å². The van der Waals surface area contributed by atoms with Crippen molar-refractivity contribution in [3.63, 3.8) is 0 Å². The minimum absolute atomic E-state index is 0.00675. The number of rotatable bonds is 5. The van der Waals surface area contributed by atoms with Gasteiger partial charge in [0.15, 0.2) is 16.6 Å². The van der Waals surface area contributed by atoms with Crippen LogP contribution in [0.4, 0.5) is 17.3 Å². The molecule has 8 nitrogen and oxygen atoms in total. The minimum Gasteiger partial charge on any atom is -0.384 e. The van der Waals surface area contributed by atoms with Gasteiger partial charge in [-0.15, -0.1) is 0 Å². The first-order valence-corrected chi connectivity index (χ1v) is 8.36. The van der Waals surface area contributed by atoms with E-state index in [2.05, 4.69) is 30.9 Å². The fraction of sp³-hybridized carbons (Fsp3) is 0.118. The summed E-state index contributed by atoms with van der Waals surface area (Å²) < 4.78 is 0. The molecule has 0 amide bonds. The normalized spacial score (nSPS) is 10.3. The summed E-state index contributed by atoms with van der Waals surface area (Å²) >= 11 is 5.17. The SMILES string of the molecule is CCNC(=S)Nc1ccc2ncc(Nc3cccc(C(=N)N)c3)nc2n1. The number of thiocarbonyl (C=S) groups is 1. The molecule has 3 rings (SSSR count). The Kier molecular flexibility index (Phi) is 5.18. The Morgan fingerprint density at radius 3 is 2.77 bits per heavy atom. The number of aromatic nitrogens is 3. The lowest BCUT2D eigenvalue weighted by molar-refractivity contribution is 0.978. The third-order valence-corrected chi connectivity index (χ3v) is 3.68.